The van der Waals surface area contributed by atoms with E-state index >= 15 is 0 Å². The molecule has 7 heteroatoms. The summed E-state index contributed by atoms with van der Waals surface area (Å²) in [5.74, 6) is 1.40. The topological polar surface area (TPSA) is 68.5 Å². The van der Waals surface area contributed by atoms with Crippen molar-refractivity contribution >= 4 is 17.5 Å². The van der Waals surface area contributed by atoms with Gasteiger partial charge in [0.15, 0.2) is 6.61 Å². The number of aromatic nitrogens is 2. The molecule has 6 nitrogen and oxygen atoms in total. The second-order valence-electron chi connectivity index (χ2n) is 6.48. The van der Waals surface area contributed by atoms with Crippen molar-refractivity contribution in [3.8, 4) is 17.1 Å². The summed E-state index contributed by atoms with van der Waals surface area (Å²) in [5.41, 5.74) is 2.87. The third kappa shape index (κ3) is 4.89. The van der Waals surface area contributed by atoms with Gasteiger partial charge in [-0.05, 0) is 62.2 Å². The quantitative estimate of drug-likeness (QED) is 0.587. The molecule has 0 fully saturated rings. The van der Waals surface area contributed by atoms with Crippen LogP contribution in [-0.4, -0.2) is 34.1 Å². The van der Waals surface area contributed by atoms with Crippen LogP contribution in [0.15, 0.2) is 47.0 Å². The summed E-state index contributed by atoms with van der Waals surface area (Å²) in [6.45, 7) is 6.52. The lowest BCUT2D eigenvalue weighted by molar-refractivity contribution is -0.134. The number of carbonyl (C=O) groups is 1. The number of rotatable bonds is 7. The Bertz CT molecular complexity index is 954. The lowest BCUT2D eigenvalue weighted by Crippen LogP contribution is -2.34. The summed E-state index contributed by atoms with van der Waals surface area (Å²) in [6.07, 6.45) is 0. The van der Waals surface area contributed by atoms with E-state index in [0.29, 0.717) is 29.0 Å². The van der Waals surface area contributed by atoms with E-state index in [1.165, 1.54) is 0 Å². The molecule has 3 aromatic rings. The second kappa shape index (κ2) is 8.89. The summed E-state index contributed by atoms with van der Waals surface area (Å²) in [6, 6.07) is 13.1. The van der Waals surface area contributed by atoms with Gasteiger partial charge in [-0.2, -0.15) is 4.98 Å². The SMILES string of the molecule is CCN(Cc1nc(-c2ccc(Cl)cc2)no1)C(=O)COc1cc(C)ccc1C. The van der Waals surface area contributed by atoms with Gasteiger partial charge in [-0.1, -0.05) is 28.9 Å². The van der Waals surface area contributed by atoms with E-state index in [-0.39, 0.29) is 19.1 Å². The molecule has 1 amide bonds. The van der Waals surface area contributed by atoms with Gasteiger partial charge in [0.05, 0.1) is 0 Å². The number of likely N-dealkylation sites (N-methyl/N-ethyl adjacent to an activating group) is 1. The molecule has 1 aromatic heterocycles. The molecule has 0 atom stereocenters. The van der Waals surface area contributed by atoms with Crippen molar-refractivity contribution in [2.75, 3.05) is 13.2 Å². The molecule has 1 heterocycles. The number of nitrogens with zero attached hydrogens (tertiary/aromatic N) is 3. The maximum atomic E-state index is 12.6. The lowest BCUT2D eigenvalue weighted by Gasteiger charge is -2.19. The Morgan fingerprint density at radius 3 is 2.64 bits per heavy atom. The van der Waals surface area contributed by atoms with Crippen LogP contribution in [0.25, 0.3) is 11.4 Å². The molecule has 3 rings (SSSR count). The van der Waals surface area contributed by atoms with E-state index in [9.17, 15) is 4.79 Å². The van der Waals surface area contributed by atoms with Crippen molar-refractivity contribution in [2.45, 2.75) is 27.3 Å². The predicted molar refractivity (Wildman–Crippen MR) is 107 cm³/mol. The normalized spacial score (nSPS) is 10.7. The van der Waals surface area contributed by atoms with Crippen LogP contribution in [0.4, 0.5) is 0 Å². The molecular weight excluding hydrogens is 378 g/mol. The van der Waals surface area contributed by atoms with Gasteiger partial charge in [0, 0.05) is 17.1 Å². The Hall–Kier alpha value is -2.86. The van der Waals surface area contributed by atoms with Gasteiger partial charge in [-0.25, -0.2) is 0 Å². The Kier molecular flexibility index (Phi) is 6.31. The van der Waals surface area contributed by atoms with Crippen LogP contribution >= 0.6 is 11.6 Å². The average Bonchev–Trinajstić information content (AvgIpc) is 3.15. The zero-order valence-corrected chi connectivity index (χ0v) is 16.9. The highest BCUT2D eigenvalue weighted by molar-refractivity contribution is 6.30. The molecule has 2 aromatic carbocycles. The molecule has 0 aliphatic rings. The predicted octanol–water partition coefficient (Wildman–Crippen LogP) is 4.43. The highest BCUT2D eigenvalue weighted by atomic mass is 35.5. The minimum Gasteiger partial charge on any atom is -0.483 e. The van der Waals surface area contributed by atoms with Gasteiger partial charge in [0.25, 0.3) is 5.91 Å². The Labute approximate surface area is 169 Å². The minimum atomic E-state index is -0.144. The second-order valence-corrected chi connectivity index (χ2v) is 6.92. The molecule has 0 aliphatic carbocycles. The van der Waals surface area contributed by atoms with Crippen LogP contribution in [0.5, 0.6) is 5.75 Å². The number of halogens is 1. The molecule has 28 heavy (non-hydrogen) atoms. The molecule has 0 unspecified atom stereocenters. The first kappa shape index (κ1) is 19.9. The van der Waals surface area contributed by atoms with Gasteiger partial charge in [0.1, 0.15) is 12.3 Å². The summed E-state index contributed by atoms with van der Waals surface area (Å²) >= 11 is 5.90. The van der Waals surface area contributed by atoms with Crippen molar-refractivity contribution in [1.29, 1.82) is 0 Å². The smallest absolute Gasteiger partial charge is 0.260 e. The molecule has 0 N–H and O–H groups in total. The molecule has 0 saturated heterocycles. The monoisotopic (exact) mass is 399 g/mol. The maximum Gasteiger partial charge on any atom is 0.260 e. The zero-order chi connectivity index (χ0) is 20.1. The fourth-order valence-corrected chi connectivity index (χ4v) is 2.79. The summed E-state index contributed by atoms with van der Waals surface area (Å²) < 4.78 is 11.0. The number of ether oxygens (including phenoxy) is 1. The maximum absolute atomic E-state index is 12.6. The molecule has 146 valence electrons. The van der Waals surface area contributed by atoms with E-state index < -0.39 is 0 Å². The first-order valence-corrected chi connectivity index (χ1v) is 9.40. The van der Waals surface area contributed by atoms with E-state index in [1.54, 1.807) is 17.0 Å². The third-order valence-electron chi connectivity index (χ3n) is 4.33. The minimum absolute atomic E-state index is 0.0453. The molecular formula is C21H22ClN3O3. The van der Waals surface area contributed by atoms with Gasteiger partial charge in [-0.3, -0.25) is 4.79 Å². The molecule has 0 radical (unpaired) electrons. The Balaban J connectivity index is 1.62. The fraction of sp³-hybridized carbons (Fsp3) is 0.286. The van der Waals surface area contributed by atoms with Crippen LogP contribution in [0.3, 0.4) is 0 Å². The molecule has 0 saturated carbocycles. The fourth-order valence-electron chi connectivity index (χ4n) is 2.67. The number of hydrogen-bond acceptors (Lipinski definition) is 5. The summed E-state index contributed by atoms with van der Waals surface area (Å²) in [7, 11) is 0. The van der Waals surface area contributed by atoms with E-state index in [1.807, 2.05) is 51.1 Å². The number of hydrogen-bond donors (Lipinski definition) is 0. The van der Waals surface area contributed by atoms with Crippen molar-refractivity contribution in [3.05, 3.63) is 64.5 Å². The average molecular weight is 400 g/mol. The van der Waals surface area contributed by atoms with E-state index in [2.05, 4.69) is 10.1 Å². The van der Waals surface area contributed by atoms with Crippen LogP contribution in [0.1, 0.15) is 23.9 Å². The van der Waals surface area contributed by atoms with Crippen molar-refractivity contribution in [2.24, 2.45) is 0 Å². The number of carbonyl (C=O) groups excluding carboxylic acids is 1. The van der Waals surface area contributed by atoms with Crippen molar-refractivity contribution < 1.29 is 14.1 Å². The molecule has 0 spiro atoms. The largest absolute Gasteiger partial charge is 0.483 e. The third-order valence-corrected chi connectivity index (χ3v) is 4.58. The first-order valence-electron chi connectivity index (χ1n) is 9.02. The molecule has 0 aliphatic heterocycles. The summed E-state index contributed by atoms with van der Waals surface area (Å²) in [4.78, 5) is 18.5. The van der Waals surface area contributed by atoms with E-state index in [0.717, 1.165) is 16.7 Å². The van der Waals surface area contributed by atoms with Gasteiger partial charge < -0.3 is 14.2 Å². The highest BCUT2D eigenvalue weighted by Gasteiger charge is 2.18. The number of aryl methyl sites for hydroxylation is 2. The standard InChI is InChI=1S/C21H22ClN3O3/c1-4-25(20(26)13-27-18-11-14(2)5-6-15(18)3)12-19-23-21(24-28-19)16-7-9-17(22)10-8-16/h5-11H,4,12-13H2,1-3H3. The van der Waals surface area contributed by atoms with Crippen LogP contribution in [0.2, 0.25) is 5.02 Å². The highest BCUT2D eigenvalue weighted by Crippen LogP contribution is 2.20. The van der Waals surface area contributed by atoms with Crippen molar-refractivity contribution in [1.82, 2.24) is 15.0 Å². The van der Waals surface area contributed by atoms with E-state index in [4.69, 9.17) is 20.9 Å². The Morgan fingerprint density at radius 1 is 1.18 bits per heavy atom. The van der Waals surface area contributed by atoms with Crippen LogP contribution in [0, 0.1) is 13.8 Å². The lowest BCUT2D eigenvalue weighted by atomic mass is 10.1. The Morgan fingerprint density at radius 2 is 1.93 bits per heavy atom. The van der Waals surface area contributed by atoms with Gasteiger partial charge in [-0.15, -0.1) is 0 Å². The zero-order valence-electron chi connectivity index (χ0n) is 16.1. The van der Waals surface area contributed by atoms with Gasteiger partial charge >= 0.3 is 0 Å². The van der Waals surface area contributed by atoms with Crippen LogP contribution < -0.4 is 4.74 Å². The number of amides is 1. The summed E-state index contributed by atoms with van der Waals surface area (Å²) in [5, 5.41) is 4.62. The van der Waals surface area contributed by atoms with Gasteiger partial charge in [0.2, 0.25) is 11.7 Å². The first-order chi connectivity index (χ1) is 13.5. The van der Waals surface area contributed by atoms with Crippen molar-refractivity contribution in [3.63, 3.8) is 0 Å². The molecule has 0 bridgehead atoms. The number of benzene rings is 2. The van der Waals surface area contributed by atoms with Crippen LogP contribution in [-0.2, 0) is 11.3 Å².